The van der Waals surface area contributed by atoms with Crippen LogP contribution >= 0.6 is 0 Å². The number of halogens is 3. The number of piperidine rings is 1. The van der Waals surface area contributed by atoms with Crippen LogP contribution in [-0.4, -0.2) is 61.6 Å². The van der Waals surface area contributed by atoms with Crippen LogP contribution in [0.4, 0.5) is 13.2 Å². The largest absolute Gasteiger partial charge is 0.522 e. The zero-order valence-electron chi connectivity index (χ0n) is 19.4. The summed E-state index contributed by atoms with van der Waals surface area (Å²) >= 11 is 0. The summed E-state index contributed by atoms with van der Waals surface area (Å²) in [5, 5.41) is 0. The van der Waals surface area contributed by atoms with E-state index >= 15 is 0 Å². The van der Waals surface area contributed by atoms with Crippen molar-refractivity contribution in [3.8, 4) is 11.5 Å². The van der Waals surface area contributed by atoms with E-state index in [1.54, 1.807) is 12.3 Å². The molecule has 0 amide bonds. The van der Waals surface area contributed by atoms with Crippen LogP contribution in [0.3, 0.4) is 0 Å². The molecule has 2 aliphatic rings. The molecule has 7 nitrogen and oxygen atoms in total. The van der Waals surface area contributed by atoms with Crippen LogP contribution in [0.5, 0.6) is 11.5 Å². The third-order valence-corrected chi connectivity index (χ3v) is 5.94. The van der Waals surface area contributed by atoms with E-state index in [0.717, 1.165) is 24.2 Å². The van der Waals surface area contributed by atoms with E-state index in [2.05, 4.69) is 14.6 Å². The van der Waals surface area contributed by atoms with Crippen molar-refractivity contribution in [1.82, 2.24) is 9.88 Å². The third kappa shape index (κ3) is 5.63. The van der Waals surface area contributed by atoms with Crippen LogP contribution < -0.4 is 9.47 Å². The summed E-state index contributed by atoms with van der Waals surface area (Å²) in [6.07, 6.45) is -2.35. The Morgan fingerprint density at radius 1 is 1.15 bits per heavy atom. The average molecular weight is 482 g/mol. The fourth-order valence-corrected chi connectivity index (χ4v) is 4.61. The van der Waals surface area contributed by atoms with Crippen molar-refractivity contribution >= 4 is 0 Å². The Bertz CT molecular complexity index is 973. The number of hydrogen-bond donors (Lipinski definition) is 0. The van der Waals surface area contributed by atoms with Gasteiger partial charge in [-0.2, -0.15) is 0 Å². The first kappa shape index (κ1) is 24.7. The molecule has 1 aromatic heterocycles. The number of methoxy groups -OCH3 is 1. The van der Waals surface area contributed by atoms with Gasteiger partial charge in [0.05, 0.1) is 19.4 Å². The summed E-state index contributed by atoms with van der Waals surface area (Å²) in [6.45, 7) is 5.09. The molecule has 4 rings (SSSR count). The zero-order chi connectivity index (χ0) is 24.4. The van der Waals surface area contributed by atoms with E-state index in [1.807, 2.05) is 44.2 Å². The van der Waals surface area contributed by atoms with Gasteiger partial charge in [0, 0.05) is 25.8 Å². The number of pyridine rings is 1. The molecular formula is C24H29F3N2O5. The summed E-state index contributed by atoms with van der Waals surface area (Å²) in [7, 11) is 1.49. The maximum atomic E-state index is 12.1. The van der Waals surface area contributed by atoms with Gasteiger partial charge < -0.3 is 18.9 Å². The summed E-state index contributed by atoms with van der Waals surface area (Å²) in [5.41, 5.74) is 1.27. The van der Waals surface area contributed by atoms with Gasteiger partial charge in [0.15, 0.2) is 17.3 Å². The van der Waals surface area contributed by atoms with Gasteiger partial charge in [0.25, 0.3) is 0 Å². The van der Waals surface area contributed by atoms with Crippen molar-refractivity contribution in [3.63, 3.8) is 0 Å². The second-order valence-electron chi connectivity index (χ2n) is 8.83. The van der Waals surface area contributed by atoms with E-state index in [9.17, 15) is 13.2 Å². The lowest BCUT2D eigenvalue weighted by molar-refractivity contribution is -0.325. The van der Waals surface area contributed by atoms with Crippen LogP contribution in [-0.2, 0) is 26.4 Å². The van der Waals surface area contributed by atoms with Gasteiger partial charge in [-0.1, -0.05) is 12.1 Å². The summed E-state index contributed by atoms with van der Waals surface area (Å²) in [4.78, 5) is 6.84. The van der Waals surface area contributed by atoms with E-state index in [1.165, 1.54) is 7.11 Å². The third-order valence-electron chi connectivity index (χ3n) is 5.94. The van der Waals surface area contributed by atoms with Crippen LogP contribution in [0.15, 0.2) is 42.6 Å². The maximum absolute atomic E-state index is 12.1. The van der Waals surface area contributed by atoms with E-state index in [0.29, 0.717) is 24.6 Å². The number of nitrogens with zero attached hydrogens (tertiary/aromatic N) is 2. The number of aromatic nitrogens is 1. The summed E-state index contributed by atoms with van der Waals surface area (Å²) < 4.78 is 63.6. The molecule has 0 unspecified atom stereocenters. The molecule has 2 fully saturated rings. The standard InChI is InChI=1S/C24H29F3N2O5/c1-22(2)33-21-16-29(11-9-23(21,34-22)20-6-4-5-10-28-20)15-17-7-8-18(19(14-17)30-3)31-12-13-32-24(25,26)27/h4-8,10,14,21H,9,11-13,15-16H2,1-3H3/t21-,23-/m1/s1. The molecule has 10 heteroatoms. The molecule has 0 aliphatic carbocycles. The Morgan fingerprint density at radius 2 is 1.97 bits per heavy atom. The molecular weight excluding hydrogens is 453 g/mol. The van der Waals surface area contributed by atoms with Gasteiger partial charge >= 0.3 is 6.36 Å². The van der Waals surface area contributed by atoms with Crippen molar-refractivity contribution in [2.75, 3.05) is 33.4 Å². The normalized spacial score (nSPS) is 24.6. The predicted octanol–water partition coefficient (Wildman–Crippen LogP) is 4.26. The minimum absolute atomic E-state index is 0.177. The molecule has 2 aromatic rings. The Balaban J connectivity index is 1.41. The molecule has 0 spiro atoms. The maximum Gasteiger partial charge on any atom is 0.522 e. The molecule has 3 heterocycles. The highest BCUT2D eigenvalue weighted by atomic mass is 19.4. The quantitative estimate of drug-likeness (QED) is 0.521. The summed E-state index contributed by atoms with van der Waals surface area (Å²) in [5.74, 6) is 0.0982. The van der Waals surface area contributed by atoms with Gasteiger partial charge in [0.1, 0.15) is 18.3 Å². The van der Waals surface area contributed by atoms with Gasteiger partial charge in [0.2, 0.25) is 0 Å². The van der Waals surface area contributed by atoms with E-state index < -0.39 is 24.4 Å². The van der Waals surface area contributed by atoms with Crippen LogP contribution in [0.1, 0.15) is 31.5 Å². The monoisotopic (exact) mass is 482 g/mol. The summed E-state index contributed by atoms with van der Waals surface area (Å²) in [6, 6.07) is 11.2. The van der Waals surface area contributed by atoms with Crippen molar-refractivity contribution in [2.45, 2.75) is 50.7 Å². The van der Waals surface area contributed by atoms with Gasteiger partial charge in [-0.25, -0.2) is 0 Å². The number of likely N-dealkylation sites (tertiary alicyclic amines) is 1. The lowest BCUT2D eigenvalue weighted by Gasteiger charge is -2.41. The number of rotatable bonds is 8. The first-order chi connectivity index (χ1) is 16.1. The van der Waals surface area contributed by atoms with Crippen LogP contribution in [0, 0.1) is 0 Å². The molecule has 0 radical (unpaired) electrons. The predicted molar refractivity (Wildman–Crippen MR) is 116 cm³/mol. The topological polar surface area (TPSA) is 62.3 Å². The SMILES string of the molecule is COc1cc(CN2CC[C@]3(c4ccccn4)OC(C)(C)O[C@@H]3C2)ccc1OCCOC(F)(F)F. The molecule has 186 valence electrons. The van der Waals surface area contributed by atoms with Crippen molar-refractivity contribution in [3.05, 3.63) is 53.9 Å². The van der Waals surface area contributed by atoms with Gasteiger partial charge in [-0.3, -0.25) is 14.6 Å². The first-order valence-corrected chi connectivity index (χ1v) is 11.1. The average Bonchev–Trinajstić information content (AvgIpc) is 3.07. The lowest BCUT2D eigenvalue weighted by Crippen LogP contribution is -2.52. The van der Waals surface area contributed by atoms with Crippen LogP contribution in [0.25, 0.3) is 0 Å². The van der Waals surface area contributed by atoms with Crippen molar-refractivity contribution in [2.24, 2.45) is 0 Å². The minimum atomic E-state index is -4.68. The van der Waals surface area contributed by atoms with Crippen molar-refractivity contribution in [1.29, 1.82) is 0 Å². The number of benzene rings is 1. The molecule has 0 saturated carbocycles. The molecule has 1 aromatic carbocycles. The number of alkyl halides is 3. The van der Waals surface area contributed by atoms with E-state index in [4.69, 9.17) is 18.9 Å². The Hall–Kier alpha value is -2.40. The molecule has 2 saturated heterocycles. The highest BCUT2D eigenvalue weighted by molar-refractivity contribution is 5.43. The van der Waals surface area contributed by atoms with E-state index in [-0.39, 0.29) is 12.7 Å². The minimum Gasteiger partial charge on any atom is -0.493 e. The Morgan fingerprint density at radius 3 is 2.68 bits per heavy atom. The second-order valence-corrected chi connectivity index (χ2v) is 8.83. The number of fused-ring (bicyclic) bond motifs is 1. The highest BCUT2D eigenvalue weighted by Gasteiger charge is 2.57. The van der Waals surface area contributed by atoms with Gasteiger partial charge in [-0.15, -0.1) is 13.2 Å². The molecule has 0 bridgehead atoms. The van der Waals surface area contributed by atoms with Crippen molar-refractivity contribution < 1.29 is 36.9 Å². The first-order valence-electron chi connectivity index (χ1n) is 11.1. The van der Waals surface area contributed by atoms with Crippen LogP contribution in [0.2, 0.25) is 0 Å². The smallest absolute Gasteiger partial charge is 0.493 e. The second kappa shape index (κ2) is 9.69. The fourth-order valence-electron chi connectivity index (χ4n) is 4.61. The number of hydrogen-bond acceptors (Lipinski definition) is 7. The number of ether oxygens (including phenoxy) is 5. The Labute approximate surface area is 196 Å². The molecule has 34 heavy (non-hydrogen) atoms. The lowest BCUT2D eigenvalue weighted by atomic mass is 9.85. The molecule has 0 N–H and O–H groups in total. The molecule has 2 aliphatic heterocycles. The fraction of sp³-hybridized carbons (Fsp3) is 0.542. The molecule has 2 atom stereocenters. The highest BCUT2D eigenvalue weighted by Crippen LogP contribution is 2.48. The van der Waals surface area contributed by atoms with Gasteiger partial charge in [-0.05, 0) is 50.1 Å². The zero-order valence-corrected chi connectivity index (χ0v) is 19.4. The Kier molecular flexibility index (Phi) is 7.04.